The molecule has 0 fully saturated rings. The molecule has 128 valence electrons. The van der Waals surface area contributed by atoms with Crippen LogP contribution in [0.1, 0.15) is 32.3 Å². The van der Waals surface area contributed by atoms with E-state index in [0.29, 0.717) is 24.0 Å². The van der Waals surface area contributed by atoms with Crippen LogP contribution in [0.4, 0.5) is 10.1 Å². The highest BCUT2D eigenvalue weighted by atomic mass is 19.1. The van der Waals surface area contributed by atoms with E-state index < -0.39 is 0 Å². The lowest BCUT2D eigenvalue weighted by Gasteiger charge is -2.18. The molecule has 6 heteroatoms. The first kappa shape index (κ1) is 15.6. The first-order valence-corrected chi connectivity index (χ1v) is 8.24. The van der Waals surface area contributed by atoms with E-state index >= 15 is 0 Å². The number of fused-ring (bicyclic) bond motifs is 1. The summed E-state index contributed by atoms with van der Waals surface area (Å²) >= 11 is 0. The molecule has 1 aliphatic rings. The topological polar surface area (TPSA) is 43.2 Å². The molecule has 3 heterocycles. The van der Waals surface area contributed by atoms with Gasteiger partial charge in [0.2, 0.25) is 0 Å². The molecule has 0 saturated heterocycles. The van der Waals surface area contributed by atoms with Gasteiger partial charge in [-0.3, -0.25) is 0 Å². The summed E-state index contributed by atoms with van der Waals surface area (Å²) in [5.74, 6) is 0.0487. The Morgan fingerprint density at radius 3 is 2.80 bits per heavy atom. The van der Waals surface area contributed by atoms with Gasteiger partial charge in [-0.1, -0.05) is 13.8 Å². The molecule has 3 aromatic rings. The molecule has 1 aliphatic heterocycles. The summed E-state index contributed by atoms with van der Waals surface area (Å²) in [5, 5.41) is 5.33. The van der Waals surface area contributed by atoms with Crippen molar-refractivity contribution in [3.05, 3.63) is 60.0 Å². The van der Waals surface area contributed by atoms with Gasteiger partial charge in [-0.2, -0.15) is 0 Å². The summed E-state index contributed by atoms with van der Waals surface area (Å²) < 4.78 is 21.3. The molecule has 0 bridgehead atoms. The summed E-state index contributed by atoms with van der Waals surface area (Å²) in [6.07, 6.45) is 5.34. The highest BCUT2D eigenvalue weighted by molar-refractivity contribution is 5.75. The van der Waals surface area contributed by atoms with E-state index in [2.05, 4.69) is 30.0 Å². The van der Waals surface area contributed by atoms with Crippen molar-refractivity contribution in [1.29, 1.82) is 0 Å². The van der Waals surface area contributed by atoms with E-state index in [0.717, 1.165) is 22.3 Å². The third-order valence-electron chi connectivity index (χ3n) is 4.42. The van der Waals surface area contributed by atoms with Gasteiger partial charge in [0, 0.05) is 23.5 Å². The van der Waals surface area contributed by atoms with E-state index in [1.165, 1.54) is 6.07 Å². The number of allylic oxidation sites excluding steroid dienone is 1. The number of benzene rings is 1. The zero-order valence-electron chi connectivity index (χ0n) is 14.4. The highest BCUT2D eigenvalue weighted by Crippen LogP contribution is 2.28. The van der Waals surface area contributed by atoms with Crippen LogP contribution in [0.25, 0.3) is 16.7 Å². The number of hydrogen-bond donors (Lipinski definition) is 0. The molecule has 0 N–H and O–H groups in total. The number of halogens is 1. The largest absolute Gasteiger partial charge is 0.479 e. The normalized spacial score (nSPS) is 14.3. The van der Waals surface area contributed by atoms with Crippen molar-refractivity contribution >= 4 is 16.7 Å². The molecule has 0 unspecified atom stereocenters. The van der Waals surface area contributed by atoms with Crippen molar-refractivity contribution in [2.75, 3.05) is 11.6 Å². The molecule has 4 rings (SSSR count). The van der Waals surface area contributed by atoms with Crippen LogP contribution in [0.2, 0.25) is 0 Å². The van der Waals surface area contributed by atoms with Gasteiger partial charge in [-0.05, 0) is 42.7 Å². The van der Waals surface area contributed by atoms with Crippen molar-refractivity contribution in [2.45, 2.75) is 26.7 Å². The van der Waals surface area contributed by atoms with Gasteiger partial charge in [0.25, 0.3) is 0 Å². The van der Waals surface area contributed by atoms with Crippen molar-refractivity contribution < 1.29 is 9.13 Å². The summed E-state index contributed by atoms with van der Waals surface area (Å²) in [5.41, 5.74) is 3.97. The minimum absolute atomic E-state index is 0.331. The fourth-order valence-corrected chi connectivity index (χ4v) is 2.89. The lowest BCUT2D eigenvalue weighted by Crippen LogP contribution is -2.18. The van der Waals surface area contributed by atoms with E-state index in [1.807, 2.05) is 24.2 Å². The molecule has 0 saturated carbocycles. The average Bonchev–Trinajstić information content (AvgIpc) is 3.20. The number of pyridine rings is 1. The second-order valence-corrected chi connectivity index (χ2v) is 6.53. The number of aromatic nitrogens is 3. The number of nitrogens with zero attached hydrogens (tertiary/aromatic N) is 4. The van der Waals surface area contributed by atoms with Crippen LogP contribution in [0.3, 0.4) is 0 Å². The first-order valence-electron chi connectivity index (χ1n) is 8.24. The van der Waals surface area contributed by atoms with Crippen molar-refractivity contribution in [3.63, 3.8) is 0 Å². The maximum Gasteiger partial charge on any atom is 0.181 e. The molecule has 5 nitrogen and oxygen atoms in total. The fourth-order valence-electron chi connectivity index (χ4n) is 2.89. The molecular formula is C19H19FN4O. The van der Waals surface area contributed by atoms with E-state index in [-0.39, 0.29) is 5.82 Å². The van der Waals surface area contributed by atoms with Crippen LogP contribution in [0.5, 0.6) is 0 Å². The Bertz CT molecular complexity index is 977. The van der Waals surface area contributed by atoms with Gasteiger partial charge < -0.3 is 9.64 Å². The molecule has 1 aromatic carbocycles. The van der Waals surface area contributed by atoms with Crippen molar-refractivity contribution in [1.82, 2.24) is 14.8 Å². The molecule has 0 aliphatic carbocycles. The summed E-state index contributed by atoms with van der Waals surface area (Å²) in [4.78, 5) is 6.37. The van der Waals surface area contributed by atoms with Gasteiger partial charge in [0.15, 0.2) is 12.4 Å². The summed E-state index contributed by atoms with van der Waals surface area (Å²) in [6.45, 7) is 6.61. The predicted octanol–water partition coefficient (Wildman–Crippen LogP) is 4.34. The third kappa shape index (κ3) is 2.73. The average molecular weight is 338 g/mol. The van der Waals surface area contributed by atoms with Crippen LogP contribution in [0, 0.1) is 5.82 Å². The first-order chi connectivity index (χ1) is 12.0. The molecule has 0 spiro atoms. The van der Waals surface area contributed by atoms with Gasteiger partial charge in [0.05, 0.1) is 5.70 Å². The van der Waals surface area contributed by atoms with Crippen LogP contribution in [-0.4, -0.2) is 21.5 Å². The predicted molar refractivity (Wildman–Crippen MR) is 95.1 cm³/mol. The van der Waals surface area contributed by atoms with Crippen LogP contribution < -0.4 is 4.90 Å². The molecule has 0 amide bonds. The number of ether oxygens (including phenoxy) is 1. The van der Waals surface area contributed by atoms with Crippen LogP contribution in [0.15, 0.2) is 48.6 Å². The van der Waals surface area contributed by atoms with Gasteiger partial charge in [-0.25, -0.2) is 14.1 Å². The minimum Gasteiger partial charge on any atom is -0.479 e. The maximum absolute atomic E-state index is 14.4. The van der Waals surface area contributed by atoms with Crippen molar-refractivity contribution in [3.8, 4) is 5.69 Å². The molecule has 25 heavy (non-hydrogen) atoms. The van der Waals surface area contributed by atoms with Crippen LogP contribution in [-0.2, 0) is 4.74 Å². The second-order valence-electron chi connectivity index (χ2n) is 6.53. The fraction of sp³-hybridized carbons (Fsp3) is 0.263. The number of rotatable bonds is 3. The monoisotopic (exact) mass is 338 g/mol. The Morgan fingerprint density at radius 1 is 1.24 bits per heavy atom. The Balaban J connectivity index is 1.78. The molecule has 2 aromatic heterocycles. The van der Waals surface area contributed by atoms with E-state index in [4.69, 9.17) is 4.74 Å². The highest BCUT2D eigenvalue weighted by Gasteiger charge is 2.17. The zero-order chi connectivity index (χ0) is 17.6. The minimum atomic E-state index is -0.331. The molecular weight excluding hydrogens is 319 g/mol. The maximum atomic E-state index is 14.4. The van der Waals surface area contributed by atoms with Crippen LogP contribution >= 0.6 is 0 Å². The zero-order valence-corrected chi connectivity index (χ0v) is 14.4. The molecule has 0 radical (unpaired) electrons. The Labute approximate surface area is 145 Å². The van der Waals surface area contributed by atoms with Gasteiger partial charge in [0.1, 0.15) is 17.8 Å². The molecule has 0 atom stereocenters. The summed E-state index contributed by atoms with van der Waals surface area (Å²) in [6, 6.07) is 7.02. The van der Waals surface area contributed by atoms with Gasteiger partial charge in [-0.15, -0.1) is 5.10 Å². The standard InChI is InChI=1S/C19H19FN4O/c1-12(2)14-6-15-9-24(22-19(15)21-8-14)18-7-16(4-5-17(18)20)23-11-25-10-13(23)3/h4-10,12H,11H2,1-3H3. The lowest BCUT2D eigenvalue weighted by atomic mass is 10.1. The third-order valence-corrected chi connectivity index (χ3v) is 4.42. The Hall–Kier alpha value is -2.89. The van der Waals surface area contributed by atoms with Gasteiger partial charge >= 0.3 is 0 Å². The van der Waals surface area contributed by atoms with E-state index in [1.54, 1.807) is 23.1 Å². The lowest BCUT2D eigenvalue weighted by molar-refractivity contribution is 0.282. The quantitative estimate of drug-likeness (QED) is 0.712. The van der Waals surface area contributed by atoms with Crippen molar-refractivity contribution in [2.24, 2.45) is 0 Å². The Morgan fingerprint density at radius 2 is 2.08 bits per heavy atom. The van der Waals surface area contributed by atoms with E-state index in [9.17, 15) is 4.39 Å². The number of hydrogen-bond acceptors (Lipinski definition) is 4. The SMILES string of the molecule is CC1=COCN1c1ccc(F)c(-n2cc3cc(C(C)C)cnc3n2)c1. The summed E-state index contributed by atoms with van der Waals surface area (Å²) in [7, 11) is 0. The smallest absolute Gasteiger partial charge is 0.181 e. The number of anilines is 1. The second kappa shape index (κ2) is 5.88. The Kier molecular flexibility index (Phi) is 3.67.